The van der Waals surface area contributed by atoms with Crippen molar-refractivity contribution in [3.05, 3.63) is 24.0 Å². The van der Waals surface area contributed by atoms with E-state index < -0.39 is 0 Å². The van der Waals surface area contributed by atoms with Gasteiger partial charge in [0.05, 0.1) is 12.8 Å². The zero-order chi connectivity index (χ0) is 13.9. The second kappa shape index (κ2) is 5.81. The Balaban J connectivity index is 2.04. The van der Waals surface area contributed by atoms with Crippen molar-refractivity contribution in [2.45, 2.75) is 52.0 Å². The van der Waals surface area contributed by atoms with Gasteiger partial charge in [0.25, 0.3) is 0 Å². The number of hydrogen-bond donors (Lipinski definition) is 1. The Morgan fingerprint density at radius 1 is 1.26 bits per heavy atom. The van der Waals surface area contributed by atoms with Gasteiger partial charge in [-0.3, -0.25) is 0 Å². The van der Waals surface area contributed by atoms with Crippen LogP contribution in [0.15, 0.2) is 18.2 Å². The fourth-order valence-corrected chi connectivity index (χ4v) is 2.77. The summed E-state index contributed by atoms with van der Waals surface area (Å²) < 4.78 is 18.9. The summed E-state index contributed by atoms with van der Waals surface area (Å²) >= 11 is 0. The van der Waals surface area contributed by atoms with E-state index in [4.69, 9.17) is 4.74 Å². The summed E-state index contributed by atoms with van der Waals surface area (Å²) in [5.74, 6) is 0.488. The van der Waals surface area contributed by atoms with Crippen molar-refractivity contribution in [2.75, 3.05) is 12.4 Å². The molecule has 1 unspecified atom stereocenters. The summed E-state index contributed by atoms with van der Waals surface area (Å²) in [6.45, 7) is 4.64. The van der Waals surface area contributed by atoms with Crippen LogP contribution in [0.3, 0.4) is 0 Å². The number of ether oxygens (including phenoxy) is 1. The van der Waals surface area contributed by atoms with Crippen LogP contribution >= 0.6 is 0 Å². The van der Waals surface area contributed by atoms with Crippen LogP contribution in [-0.2, 0) is 0 Å². The van der Waals surface area contributed by atoms with E-state index in [1.54, 1.807) is 19.2 Å². The van der Waals surface area contributed by atoms with E-state index in [9.17, 15) is 4.39 Å². The molecule has 1 atom stereocenters. The second-order valence-electron chi connectivity index (χ2n) is 6.28. The van der Waals surface area contributed by atoms with Crippen LogP contribution in [0.5, 0.6) is 5.75 Å². The van der Waals surface area contributed by atoms with E-state index in [0.717, 1.165) is 12.8 Å². The van der Waals surface area contributed by atoms with Gasteiger partial charge in [0.15, 0.2) is 0 Å². The molecule has 106 valence electrons. The van der Waals surface area contributed by atoms with Gasteiger partial charge in [-0.15, -0.1) is 0 Å². The lowest BCUT2D eigenvalue weighted by atomic mass is 9.85. The summed E-state index contributed by atoms with van der Waals surface area (Å²) in [7, 11) is 1.60. The normalized spacial score (nSPS) is 22.6. The van der Waals surface area contributed by atoms with Crippen LogP contribution in [0.25, 0.3) is 0 Å². The summed E-state index contributed by atoms with van der Waals surface area (Å²) in [5.41, 5.74) is 0.979. The fourth-order valence-electron chi connectivity index (χ4n) is 2.77. The zero-order valence-corrected chi connectivity index (χ0v) is 12.1. The van der Waals surface area contributed by atoms with E-state index in [0.29, 0.717) is 22.9 Å². The van der Waals surface area contributed by atoms with Crippen LogP contribution in [-0.4, -0.2) is 13.2 Å². The molecule has 1 N–H and O–H groups in total. The highest BCUT2D eigenvalue weighted by atomic mass is 19.1. The van der Waals surface area contributed by atoms with Crippen molar-refractivity contribution < 1.29 is 9.13 Å². The smallest absolute Gasteiger partial charge is 0.146 e. The molecule has 0 aromatic heterocycles. The summed E-state index contributed by atoms with van der Waals surface area (Å²) in [5, 5.41) is 3.35. The van der Waals surface area contributed by atoms with Gasteiger partial charge < -0.3 is 10.1 Å². The lowest BCUT2D eigenvalue weighted by molar-refractivity contribution is 0.313. The first-order chi connectivity index (χ1) is 9.00. The lowest BCUT2D eigenvalue weighted by Gasteiger charge is -2.22. The first-order valence-electron chi connectivity index (χ1n) is 7.10. The average Bonchev–Trinajstić information content (AvgIpc) is 2.54. The molecule has 0 spiro atoms. The first kappa shape index (κ1) is 14.2. The van der Waals surface area contributed by atoms with Crippen molar-refractivity contribution in [1.82, 2.24) is 0 Å². The minimum Gasteiger partial charge on any atom is -0.497 e. The molecule has 1 aromatic rings. The van der Waals surface area contributed by atoms with E-state index >= 15 is 0 Å². The van der Waals surface area contributed by atoms with Crippen LogP contribution < -0.4 is 10.1 Å². The third kappa shape index (κ3) is 3.85. The van der Waals surface area contributed by atoms with Gasteiger partial charge in [-0.25, -0.2) is 4.39 Å². The predicted octanol–water partition coefficient (Wildman–Crippen LogP) is 4.61. The first-order valence-corrected chi connectivity index (χ1v) is 7.10. The van der Waals surface area contributed by atoms with E-state index in [2.05, 4.69) is 19.2 Å². The number of halogens is 1. The largest absolute Gasteiger partial charge is 0.497 e. The van der Waals surface area contributed by atoms with Crippen molar-refractivity contribution >= 4 is 5.69 Å². The highest BCUT2D eigenvalue weighted by Gasteiger charge is 2.24. The molecule has 2 nitrogen and oxygen atoms in total. The molecule has 0 radical (unpaired) electrons. The average molecular weight is 265 g/mol. The SMILES string of the molecule is COc1ccc(F)c(NC2CCCC(C)(C)CC2)c1. The van der Waals surface area contributed by atoms with Crippen LogP contribution in [0.4, 0.5) is 10.1 Å². The third-order valence-corrected chi connectivity index (χ3v) is 4.11. The van der Waals surface area contributed by atoms with E-state index in [1.165, 1.54) is 25.3 Å². The highest BCUT2D eigenvalue weighted by Crippen LogP contribution is 2.35. The number of nitrogens with one attached hydrogen (secondary N) is 1. The van der Waals surface area contributed by atoms with Crippen molar-refractivity contribution in [3.63, 3.8) is 0 Å². The maximum absolute atomic E-state index is 13.8. The number of rotatable bonds is 3. The molecule has 1 aromatic carbocycles. The Bertz CT molecular complexity index is 431. The number of benzene rings is 1. The molecular weight excluding hydrogens is 241 g/mol. The van der Waals surface area contributed by atoms with Crippen molar-refractivity contribution in [3.8, 4) is 5.75 Å². The molecule has 0 heterocycles. The minimum absolute atomic E-state index is 0.204. The van der Waals surface area contributed by atoms with Crippen LogP contribution in [0, 0.1) is 11.2 Å². The van der Waals surface area contributed by atoms with Gasteiger partial charge in [-0.05, 0) is 43.2 Å². The monoisotopic (exact) mass is 265 g/mol. The molecular formula is C16H24FNO. The van der Waals surface area contributed by atoms with Gasteiger partial charge in [-0.2, -0.15) is 0 Å². The second-order valence-corrected chi connectivity index (χ2v) is 6.28. The Labute approximate surface area is 115 Å². The van der Waals surface area contributed by atoms with Gasteiger partial charge >= 0.3 is 0 Å². The van der Waals surface area contributed by atoms with Gasteiger partial charge in [0.2, 0.25) is 0 Å². The summed E-state index contributed by atoms with van der Waals surface area (Å²) in [4.78, 5) is 0. The van der Waals surface area contributed by atoms with E-state index in [-0.39, 0.29) is 5.82 Å². The number of anilines is 1. The maximum Gasteiger partial charge on any atom is 0.146 e. The zero-order valence-electron chi connectivity index (χ0n) is 12.1. The third-order valence-electron chi connectivity index (χ3n) is 4.11. The Hall–Kier alpha value is -1.25. The predicted molar refractivity (Wildman–Crippen MR) is 77.2 cm³/mol. The highest BCUT2D eigenvalue weighted by molar-refractivity contribution is 5.50. The standard InChI is InChI=1S/C16H24FNO/c1-16(2)9-4-5-12(8-10-16)18-15-11-13(19-3)6-7-14(15)17/h6-7,11-12,18H,4-5,8-10H2,1-3H3. The number of hydrogen-bond acceptors (Lipinski definition) is 2. The molecule has 1 aliphatic rings. The molecule has 1 fully saturated rings. The molecule has 1 saturated carbocycles. The molecule has 19 heavy (non-hydrogen) atoms. The molecule has 1 aliphatic carbocycles. The summed E-state index contributed by atoms with van der Waals surface area (Å²) in [6, 6.07) is 5.22. The topological polar surface area (TPSA) is 21.3 Å². The van der Waals surface area contributed by atoms with E-state index in [1.807, 2.05) is 0 Å². The van der Waals surface area contributed by atoms with Crippen LogP contribution in [0.2, 0.25) is 0 Å². The lowest BCUT2D eigenvalue weighted by Crippen LogP contribution is -2.20. The molecule has 0 saturated heterocycles. The quantitative estimate of drug-likeness (QED) is 0.806. The van der Waals surface area contributed by atoms with Crippen molar-refractivity contribution in [2.24, 2.45) is 5.41 Å². The molecule has 0 aliphatic heterocycles. The Morgan fingerprint density at radius 3 is 2.79 bits per heavy atom. The Kier molecular flexibility index (Phi) is 4.33. The maximum atomic E-state index is 13.8. The fraction of sp³-hybridized carbons (Fsp3) is 0.625. The van der Waals surface area contributed by atoms with Crippen molar-refractivity contribution in [1.29, 1.82) is 0 Å². The minimum atomic E-state index is -0.204. The molecule has 0 bridgehead atoms. The van der Waals surface area contributed by atoms with Crippen LogP contribution in [0.1, 0.15) is 46.0 Å². The van der Waals surface area contributed by atoms with Gasteiger partial charge in [-0.1, -0.05) is 20.3 Å². The summed E-state index contributed by atoms with van der Waals surface area (Å²) in [6.07, 6.45) is 5.86. The van der Waals surface area contributed by atoms with Gasteiger partial charge in [0.1, 0.15) is 11.6 Å². The molecule has 3 heteroatoms. The molecule has 0 amide bonds. The molecule has 2 rings (SSSR count). The number of methoxy groups -OCH3 is 1. The van der Waals surface area contributed by atoms with Gasteiger partial charge in [0, 0.05) is 12.1 Å². The Morgan fingerprint density at radius 2 is 2.05 bits per heavy atom.